The molecule has 0 aliphatic carbocycles. The Morgan fingerprint density at radius 3 is 3.00 bits per heavy atom. The van der Waals surface area contributed by atoms with E-state index in [1.54, 1.807) is 11.3 Å². The van der Waals surface area contributed by atoms with E-state index in [0.29, 0.717) is 0 Å². The largest absolute Gasteiger partial charge is 0.334 e. The van der Waals surface area contributed by atoms with Gasteiger partial charge in [-0.05, 0) is 19.1 Å². The number of rotatable bonds is 5. The van der Waals surface area contributed by atoms with Crippen LogP contribution >= 0.6 is 11.3 Å². The van der Waals surface area contributed by atoms with Crippen molar-refractivity contribution in [3.05, 3.63) is 47.5 Å². The molecule has 3 aromatic rings. The number of aromatic nitrogens is 3. The van der Waals surface area contributed by atoms with Crippen LogP contribution < -0.4 is 5.32 Å². The summed E-state index contributed by atoms with van der Waals surface area (Å²) in [5, 5.41) is 4.53. The molecule has 0 bridgehead atoms. The van der Waals surface area contributed by atoms with Crippen LogP contribution in [0.3, 0.4) is 0 Å². The fourth-order valence-corrected chi connectivity index (χ4v) is 3.01. The zero-order valence-corrected chi connectivity index (χ0v) is 11.7. The second-order valence-electron chi connectivity index (χ2n) is 4.31. The molecule has 3 rings (SSSR count). The minimum Gasteiger partial charge on any atom is -0.334 e. The van der Waals surface area contributed by atoms with Crippen molar-refractivity contribution in [1.82, 2.24) is 19.9 Å². The van der Waals surface area contributed by atoms with E-state index >= 15 is 0 Å². The van der Waals surface area contributed by atoms with Gasteiger partial charge in [0.1, 0.15) is 10.8 Å². The third kappa shape index (κ3) is 2.67. The molecule has 2 aromatic heterocycles. The zero-order chi connectivity index (χ0) is 13.1. The van der Waals surface area contributed by atoms with Gasteiger partial charge < -0.3 is 9.88 Å². The number of benzene rings is 1. The first-order valence-corrected chi connectivity index (χ1v) is 7.23. The van der Waals surface area contributed by atoms with E-state index in [2.05, 4.69) is 45.0 Å². The average Bonchev–Trinajstić information content (AvgIpc) is 3.04. The Kier molecular flexibility index (Phi) is 3.57. The highest BCUT2D eigenvalue weighted by Gasteiger charge is 2.04. The standard InChI is InChI=1S/C14H16N4S/c1-2-18-8-7-16-13(18)9-15-10-14-17-11-5-3-4-6-12(11)19-14/h3-8,15H,2,9-10H2,1H3. The van der Waals surface area contributed by atoms with E-state index in [0.717, 1.165) is 36.0 Å². The molecule has 0 amide bonds. The molecule has 0 fully saturated rings. The van der Waals surface area contributed by atoms with Crippen molar-refractivity contribution in [2.75, 3.05) is 0 Å². The Balaban J connectivity index is 1.63. The Labute approximate surface area is 116 Å². The Morgan fingerprint density at radius 1 is 1.26 bits per heavy atom. The van der Waals surface area contributed by atoms with E-state index < -0.39 is 0 Å². The highest BCUT2D eigenvalue weighted by Crippen LogP contribution is 2.21. The predicted molar refractivity (Wildman–Crippen MR) is 78.1 cm³/mol. The second-order valence-corrected chi connectivity index (χ2v) is 5.42. The summed E-state index contributed by atoms with van der Waals surface area (Å²) in [5.74, 6) is 1.07. The van der Waals surface area contributed by atoms with Crippen LogP contribution in [0.15, 0.2) is 36.7 Å². The van der Waals surface area contributed by atoms with E-state index in [1.807, 2.05) is 18.5 Å². The highest BCUT2D eigenvalue weighted by molar-refractivity contribution is 7.18. The summed E-state index contributed by atoms with van der Waals surface area (Å²) >= 11 is 1.74. The summed E-state index contributed by atoms with van der Waals surface area (Å²) in [6.45, 7) is 4.64. The molecule has 0 atom stereocenters. The number of fused-ring (bicyclic) bond motifs is 1. The third-order valence-electron chi connectivity index (χ3n) is 3.04. The first kappa shape index (κ1) is 12.3. The lowest BCUT2D eigenvalue weighted by Crippen LogP contribution is -2.16. The SMILES string of the molecule is CCn1ccnc1CNCc1nc2ccccc2s1. The number of para-hydroxylation sites is 1. The number of thiazole rings is 1. The molecular weight excluding hydrogens is 256 g/mol. The molecule has 0 spiro atoms. The van der Waals surface area contributed by atoms with Crippen LogP contribution in [0.5, 0.6) is 0 Å². The first-order valence-electron chi connectivity index (χ1n) is 6.42. The van der Waals surface area contributed by atoms with Gasteiger partial charge in [-0.15, -0.1) is 11.3 Å². The molecular formula is C14H16N4S. The summed E-state index contributed by atoms with van der Waals surface area (Å²) < 4.78 is 3.39. The fraction of sp³-hybridized carbons (Fsp3) is 0.286. The summed E-state index contributed by atoms with van der Waals surface area (Å²) in [6.07, 6.45) is 3.85. The molecule has 0 aliphatic rings. The Bertz CT molecular complexity index is 638. The minimum atomic E-state index is 0.775. The fourth-order valence-electron chi connectivity index (χ4n) is 2.07. The molecule has 19 heavy (non-hydrogen) atoms. The van der Waals surface area contributed by atoms with Crippen molar-refractivity contribution in [2.45, 2.75) is 26.6 Å². The minimum absolute atomic E-state index is 0.775. The van der Waals surface area contributed by atoms with Gasteiger partial charge >= 0.3 is 0 Å². The maximum atomic E-state index is 4.60. The molecule has 98 valence electrons. The van der Waals surface area contributed by atoms with Crippen molar-refractivity contribution in [2.24, 2.45) is 0 Å². The van der Waals surface area contributed by atoms with E-state index in [1.165, 1.54) is 4.70 Å². The van der Waals surface area contributed by atoms with Crippen LogP contribution in [-0.2, 0) is 19.6 Å². The van der Waals surface area contributed by atoms with Crippen molar-refractivity contribution in [1.29, 1.82) is 0 Å². The lowest BCUT2D eigenvalue weighted by atomic mass is 10.3. The molecule has 1 N–H and O–H groups in total. The predicted octanol–water partition coefficient (Wildman–Crippen LogP) is 2.80. The Morgan fingerprint density at radius 2 is 2.16 bits per heavy atom. The maximum absolute atomic E-state index is 4.60. The number of hydrogen-bond acceptors (Lipinski definition) is 4. The third-order valence-corrected chi connectivity index (χ3v) is 4.08. The van der Waals surface area contributed by atoms with Crippen LogP contribution in [-0.4, -0.2) is 14.5 Å². The number of hydrogen-bond donors (Lipinski definition) is 1. The summed E-state index contributed by atoms with van der Waals surface area (Å²) in [7, 11) is 0. The molecule has 0 unspecified atom stereocenters. The van der Waals surface area contributed by atoms with Gasteiger partial charge in [0.2, 0.25) is 0 Å². The summed E-state index contributed by atoms with van der Waals surface area (Å²) in [6, 6.07) is 8.24. The number of aryl methyl sites for hydroxylation is 1. The highest BCUT2D eigenvalue weighted by atomic mass is 32.1. The molecule has 4 nitrogen and oxygen atoms in total. The van der Waals surface area contributed by atoms with Crippen LogP contribution in [0.1, 0.15) is 17.8 Å². The van der Waals surface area contributed by atoms with Crippen molar-refractivity contribution in [3.8, 4) is 0 Å². The van der Waals surface area contributed by atoms with E-state index in [-0.39, 0.29) is 0 Å². The zero-order valence-electron chi connectivity index (χ0n) is 10.8. The summed E-state index contributed by atoms with van der Waals surface area (Å²) in [5.41, 5.74) is 1.08. The first-order chi connectivity index (χ1) is 9.36. The lowest BCUT2D eigenvalue weighted by Gasteiger charge is -2.05. The number of nitrogens with one attached hydrogen (secondary N) is 1. The van der Waals surface area contributed by atoms with Gasteiger partial charge in [0.25, 0.3) is 0 Å². The van der Waals surface area contributed by atoms with Gasteiger partial charge in [-0.1, -0.05) is 12.1 Å². The van der Waals surface area contributed by atoms with Crippen LogP contribution in [0.2, 0.25) is 0 Å². The number of nitrogens with zero attached hydrogens (tertiary/aromatic N) is 3. The topological polar surface area (TPSA) is 42.7 Å². The van der Waals surface area contributed by atoms with Crippen molar-refractivity contribution >= 4 is 21.6 Å². The molecule has 0 aliphatic heterocycles. The van der Waals surface area contributed by atoms with Gasteiger partial charge in [0.15, 0.2) is 0 Å². The monoisotopic (exact) mass is 272 g/mol. The van der Waals surface area contributed by atoms with Gasteiger partial charge in [0.05, 0.1) is 16.8 Å². The molecule has 1 aromatic carbocycles. The van der Waals surface area contributed by atoms with Gasteiger partial charge in [-0.3, -0.25) is 0 Å². The molecule has 0 saturated carbocycles. The Hall–Kier alpha value is -1.72. The normalized spacial score (nSPS) is 11.2. The average molecular weight is 272 g/mol. The quantitative estimate of drug-likeness (QED) is 0.776. The van der Waals surface area contributed by atoms with Crippen LogP contribution in [0.4, 0.5) is 0 Å². The van der Waals surface area contributed by atoms with Gasteiger partial charge in [-0.2, -0.15) is 0 Å². The second kappa shape index (κ2) is 5.50. The molecule has 2 heterocycles. The molecule has 0 saturated heterocycles. The summed E-state index contributed by atoms with van der Waals surface area (Å²) in [4.78, 5) is 8.95. The maximum Gasteiger partial charge on any atom is 0.122 e. The van der Waals surface area contributed by atoms with Gasteiger partial charge in [0, 0.05) is 25.5 Å². The van der Waals surface area contributed by atoms with Crippen molar-refractivity contribution in [3.63, 3.8) is 0 Å². The van der Waals surface area contributed by atoms with E-state index in [4.69, 9.17) is 0 Å². The smallest absolute Gasteiger partial charge is 0.122 e. The van der Waals surface area contributed by atoms with Crippen molar-refractivity contribution < 1.29 is 0 Å². The van der Waals surface area contributed by atoms with Crippen LogP contribution in [0, 0.1) is 0 Å². The molecule has 0 radical (unpaired) electrons. The lowest BCUT2D eigenvalue weighted by molar-refractivity contribution is 0.612. The van der Waals surface area contributed by atoms with E-state index in [9.17, 15) is 0 Å². The number of imidazole rings is 1. The molecule has 5 heteroatoms. The van der Waals surface area contributed by atoms with Gasteiger partial charge in [-0.25, -0.2) is 9.97 Å². The van der Waals surface area contributed by atoms with Crippen LogP contribution in [0.25, 0.3) is 10.2 Å².